The molecule has 4 rings (SSSR count). The quantitative estimate of drug-likeness (QED) is 0.404. The van der Waals surface area contributed by atoms with Gasteiger partial charge < -0.3 is 20.1 Å². The van der Waals surface area contributed by atoms with Gasteiger partial charge in [-0.1, -0.05) is 24.3 Å². The van der Waals surface area contributed by atoms with Gasteiger partial charge in [-0.2, -0.15) is 0 Å². The molecule has 1 fully saturated rings. The number of nitrogens with zero attached hydrogens (tertiary/aromatic N) is 3. The smallest absolute Gasteiger partial charge is 0.414 e. The van der Waals surface area contributed by atoms with Gasteiger partial charge in [-0.25, -0.2) is 23.0 Å². The maximum Gasteiger partial charge on any atom is 0.414 e. The number of nitrogens with one attached hydrogen (secondary N) is 1. The zero-order valence-electron chi connectivity index (χ0n) is 20.6. The van der Waals surface area contributed by atoms with Gasteiger partial charge in [-0.15, -0.1) is 0 Å². The Balaban J connectivity index is 0.000000568. The van der Waals surface area contributed by atoms with E-state index in [2.05, 4.69) is 14.9 Å². The summed E-state index contributed by atoms with van der Waals surface area (Å²) in [7, 11) is -3.29. The summed E-state index contributed by atoms with van der Waals surface area (Å²) >= 11 is 0. The van der Waals surface area contributed by atoms with Gasteiger partial charge in [0.2, 0.25) is 5.91 Å². The number of fused-ring (bicyclic) bond motifs is 1. The van der Waals surface area contributed by atoms with Crippen molar-refractivity contribution < 1.29 is 33.0 Å². The molecule has 3 aromatic rings. The van der Waals surface area contributed by atoms with Crippen molar-refractivity contribution in [3.63, 3.8) is 0 Å². The minimum atomic E-state index is -3.29. The molecule has 2 aromatic carbocycles. The number of para-hydroxylation sites is 2. The number of carbonyl (C=O) groups is 3. The molecular weight excluding hydrogens is 500 g/mol. The van der Waals surface area contributed by atoms with Crippen molar-refractivity contribution >= 4 is 38.7 Å². The first-order valence-electron chi connectivity index (χ1n) is 11.7. The van der Waals surface area contributed by atoms with Crippen LogP contribution in [0.2, 0.25) is 0 Å². The van der Waals surface area contributed by atoms with Crippen molar-refractivity contribution in [1.82, 2.24) is 19.8 Å². The lowest BCUT2D eigenvalue weighted by Crippen LogP contribution is -2.48. The lowest BCUT2D eigenvalue weighted by Gasteiger charge is -2.34. The van der Waals surface area contributed by atoms with Gasteiger partial charge in [0.1, 0.15) is 5.82 Å². The van der Waals surface area contributed by atoms with Crippen LogP contribution in [0.3, 0.4) is 0 Å². The Hall–Kier alpha value is -3.77. The Morgan fingerprint density at radius 1 is 0.946 bits per heavy atom. The van der Waals surface area contributed by atoms with Crippen LogP contribution in [0.1, 0.15) is 25.2 Å². The number of aliphatic carboxylic acids is 2. The van der Waals surface area contributed by atoms with E-state index < -0.39 is 27.0 Å². The first-order valence-corrected chi connectivity index (χ1v) is 13.2. The first-order chi connectivity index (χ1) is 17.5. The molecule has 0 aliphatic carbocycles. The third kappa shape index (κ3) is 7.37. The molecule has 0 atom stereocenters. The van der Waals surface area contributed by atoms with E-state index in [1.165, 1.54) is 0 Å². The summed E-state index contributed by atoms with van der Waals surface area (Å²) in [6.07, 6.45) is 0.283. The van der Waals surface area contributed by atoms with Gasteiger partial charge in [0.05, 0.1) is 34.1 Å². The Morgan fingerprint density at radius 2 is 1.54 bits per heavy atom. The molecule has 0 spiro atoms. The Morgan fingerprint density at radius 3 is 2.08 bits per heavy atom. The number of carbonyl (C=O) groups excluding carboxylic acids is 1. The van der Waals surface area contributed by atoms with Gasteiger partial charge in [-0.05, 0) is 43.7 Å². The first kappa shape index (κ1) is 27.8. The number of H-pyrrole nitrogens is 1. The second kappa shape index (κ2) is 12.0. The third-order valence-corrected chi connectivity index (χ3v) is 8.12. The molecular formula is C25H30N4O7S. The molecule has 37 heavy (non-hydrogen) atoms. The van der Waals surface area contributed by atoms with Crippen molar-refractivity contribution in [3.05, 3.63) is 59.9 Å². The number of rotatable bonds is 6. The summed E-state index contributed by atoms with van der Waals surface area (Å²) < 4.78 is 24.5. The number of amides is 1. The van der Waals surface area contributed by atoms with Crippen molar-refractivity contribution in [2.75, 3.05) is 26.2 Å². The highest BCUT2D eigenvalue weighted by Gasteiger charge is 2.23. The molecule has 1 amide bonds. The van der Waals surface area contributed by atoms with Crippen LogP contribution in [0.5, 0.6) is 0 Å². The molecule has 3 N–H and O–H groups in total. The van der Waals surface area contributed by atoms with Crippen LogP contribution in [0.15, 0.2) is 53.4 Å². The maximum atomic E-state index is 12.7. The minimum absolute atomic E-state index is 0.0721. The predicted molar refractivity (Wildman–Crippen MR) is 136 cm³/mol. The van der Waals surface area contributed by atoms with Crippen LogP contribution in [-0.2, 0) is 37.2 Å². The highest BCUT2D eigenvalue weighted by atomic mass is 32.2. The molecule has 11 nitrogen and oxygen atoms in total. The average Bonchev–Trinajstić information content (AvgIpc) is 3.27. The Bertz CT molecular complexity index is 1310. The van der Waals surface area contributed by atoms with Gasteiger partial charge in [0, 0.05) is 26.2 Å². The normalized spacial score (nSPS) is 14.3. The van der Waals surface area contributed by atoms with Crippen LogP contribution in [0.4, 0.5) is 0 Å². The number of benzene rings is 2. The third-order valence-electron chi connectivity index (χ3n) is 5.95. The van der Waals surface area contributed by atoms with Crippen LogP contribution in [-0.4, -0.2) is 87.7 Å². The van der Waals surface area contributed by atoms with E-state index in [1.54, 1.807) is 38.1 Å². The molecule has 1 aromatic heterocycles. The SMILES string of the molecule is CC(C)S(=O)(=O)c1ccc(CC(=O)N2CCN(Cc3nc4ccccc4[nH]3)CC2)cc1.O=C(O)C(=O)O. The number of piperazine rings is 1. The highest BCUT2D eigenvalue weighted by molar-refractivity contribution is 7.92. The van der Waals surface area contributed by atoms with Gasteiger partial charge in [0.15, 0.2) is 9.84 Å². The van der Waals surface area contributed by atoms with E-state index in [0.717, 1.165) is 42.1 Å². The Kier molecular flexibility index (Phi) is 9.00. The summed E-state index contributed by atoms with van der Waals surface area (Å²) in [4.78, 5) is 43.4. The zero-order valence-corrected chi connectivity index (χ0v) is 21.4. The molecule has 1 aliphatic heterocycles. The lowest BCUT2D eigenvalue weighted by molar-refractivity contribution is -0.159. The van der Waals surface area contributed by atoms with Crippen LogP contribution in [0, 0.1) is 0 Å². The maximum absolute atomic E-state index is 12.7. The fourth-order valence-electron chi connectivity index (χ4n) is 3.80. The number of carboxylic acid groups (broad SMARTS) is 2. The minimum Gasteiger partial charge on any atom is -0.473 e. The van der Waals surface area contributed by atoms with Gasteiger partial charge in [-0.3, -0.25) is 9.69 Å². The number of carboxylic acids is 2. The van der Waals surface area contributed by atoms with E-state index in [1.807, 2.05) is 29.2 Å². The number of hydrogen-bond acceptors (Lipinski definition) is 7. The molecule has 0 bridgehead atoms. The zero-order chi connectivity index (χ0) is 27.2. The number of hydrogen-bond donors (Lipinski definition) is 3. The fourth-order valence-corrected chi connectivity index (χ4v) is 4.86. The van der Waals surface area contributed by atoms with E-state index in [4.69, 9.17) is 19.8 Å². The summed E-state index contributed by atoms with van der Waals surface area (Å²) in [5.74, 6) is -2.63. The molecule has 1 saturated heterocycles. The number of sulfone groups is 1. The van der Waals surface area contributed by atoms with Crippen molar-refractivity contribution in [2.24, 2.45) is 0 Å². The van der Waals surface area contributed by atoms with E-state index in [9.17, 15) is 13.2 Å². The molecule has 198 valence electrons. The molecule has 0 saturated carbocycles. The molecule has 1 aliphatic rings. The number of aromatic amines is 1. The summed E-state index contributed by atoms with van der Waals surface area (Å²) in [6, 6.07) is 14.7. The van der Waals surface area contributed by atoms with E-state index >= 15 is 0 Å². The number of imidazole rings is 1. The molecule has 0 unspecified atom stereocenters. The van der Waals surface area contributed by atoms with E-state index in [0.29, 0.717) is 18.0 Å². The summed E-state index contributed by atoms with van der Waals surface area (Å²) in [6.45, 7) is 7.03. The summed E-state index contributed by atoms with van der Waals surface area (Å²) in [5.41, 5.74) is 2.84. The van der Waals surface area contributed by atoms with Crippen LogP contribution >= 0.6 is 0 Å². The number of aromatic nitrogens is 2. The van der Waals surface area contributed by atoms with Gasteiger partial charge in [0.25, 0.3) is 0 Å². The highest BCUT2D eigenvalue weighted by Crippen LogP contribution is 2.18. The standard InChI is InChI=1S/C23H28N4O3S.C2H2O4/c1-17(2)31(29,30)19-9-7-18(8-10-19)15-23(28)27-13-11-26(12-14-27)16-22-24-20-5-3-4-6-21(20)25-22;3-1(4)2(5)6/h3-10,17H,11-16H2,1-2H3,(H,24,25);(H,3,4)(H,5,6). The monoisotopic (exact) mass is 530 g/mol. The lowest BCUT2D eigenvalue weighted by atomic mass is 10.1. The van der Waals surface area contributed by atoms with Crippen LogP contribution in [0.25, 0.3) is 11.0 Å². The van der Waals surface area contributed by atoms with Crippen LogP contribution < -0.4 is 0 Å². The molecule has 12 heteroatoms. The second-order valence-electron chi connectivity index (χ2n) is 8.88. The van der Waals surface area contributed by atoms with E-state index in [-0.39, 0.29) is 12.3 Å². The van der Waals surface area contributed by atoms with Crippen molar-refractivity contribution in [2.45, 2.75) is 37.0 Å². The predicted octanol–water partition coefficient (Wildman–Crippen LogP) is 1.79. The summed E-state index contributed by atoms with van der Waals surface area (Å²) in [5, 5.41) is 14.3. The largest absolute Gasteiger partial charge is 0.473 e. The topological polar surface area (TPSA) is 161 Å². The van der Waals surface area contributed by atoms with Crippen molar-refractivity contribution in [1.29, 1.82) is 0 Å². The fraction of sp³-hybridized carbons (Fsp3) is 0.360. The Labute approximate surface area is 214 Å². The average molecular weight is 531 g/mol. The second-order valence-corrected chi connectivity index (χ2v) is 11.4. The van der Waals surface area contributed by atoms with Crippen molar-refractivity contribution in [3.8, 4) is 0 Å². The molecule has 2 heterocycles. The van der Waals surface area contributed by atoms with Gasteiger partial charge >= 0.3 is 11.9 Å². The molecule has 0 radical (unpaired) electrons.